The number of nitrogens with zero attached hydrogens (tertiary/aromatic N) is 1. The van der Waals surface area contributed by atoms with Gasteiger partial charge in [0.25, 0.3) is 0 Å². The van der Waals surface area contributed by atoms with Crippen LogP contribution in [-0.2, 0) is 4.74 Å². The van der Waals surface area contributed by atoms with Crippen LogP contribution in [0, 0.1) is 0 Å². The number of aliphatic hydroxyl groups is 3. The Labute approximate surface area is 103 Å². The van der Waals surface area contributed by atoms with Crippen LogP contribution < -0.4 is 5.73 Å². The number of aliphatic hydroxyl groups excluding tert-OH is 3. The molecule has 4 atom stereocenters. The van der Waals surface area contributed by atoms with E-state index in [9.17, 15) is 15.0 Å². The predicted octanol–water partition coefficient (Wildman–Crippen LogP) is -1.67. The van der Waals surface area contributed by atoms with E-state index in [0.717, 1.165) is 0 Å². The number of nitrogens with two attached hydrogens (primary N) is 1. The van der Waals surface area contributed by atoms with Gasteiger partial charge in [-0.1, -0.05) is 0 Å². The van der Waals surface area contributed by atoms with Crippen molar-refractivity contribution in [3.63, 3.8) is 0 Å². The molecule has 1 saturated heterocycles. The van der Waals surface area contributed by atoms with E-state index in [1.807, 2.05) is 0 Å². The van der Waals surface area contributed by atoms with Crippen molar-refractivity contribution in [3.05, 3.63) is 29.6 Å². The topological polar surface area (TPSA) is 126 Å². The molecule has 7 nitrogen and oxygen atoms in total. The molecule has 0 aliphatic carbocycles. The minimum absolute atomic E-state index is 0.234. The Kier molecular flexibility index (Phi) is 3.58. The maximum atomic E-state index is 11.0. The molecule has 5 N–H and O–H groups in total. The van der Waals surface area contributed by atoms with E-state index in [1.165, 1.54) is 18.3 Å². The molecule has 1 amide bonds. The highest BCUT2D eigenvalue weighted by atomic mass is 16.6. The Morgan fingerprint density at radius 3 is 2.72 bits per heavy atom. The van der Waals surface area contributed by atoms with Gasteiger partial charge in [0.2, 0.25) is 5.91 Å². The van der Waals surface area contributed by atoms with Crippen molar-refractivity contribution in [2.75, 3.05) is 6.61 Å². The number of amides is 1. The molecule has 2 heterocycles. The quantitative estimate of drug-likeness (QED) is 0.511. The maximum Gasteiger partial charge on any atom is 0.248 e. The van der Waals surface area contributed by atoms with E-state index >= 15 is 0 Å². The Morgan fingerprint density at radius 2 is 2.17 bits per heavy atom. The van der Waals surface area contributed by atoms with Crippen molar-refractivity contribution in [2.45, 2.75) is 24.4 Å². The van der Waals surface area contributed by atoms with Crippen LogP contribution in [0.1, 0.15) is 22.2 Å². The average molecular weight is 254 g/mol. The van der Waals surface area contributed by atoms with E-state index in [4.69, 9.17) is 15.6 Å². The van der Waals surface area contributed by atoms with Crippen LogP contribution in [0.4, 0.5) is 0 Å². The molecule has 0 bridgehead atoms. The number of primary amides is 1. The molecule has 1 aromatic rings. The van der Waals surface area contributed by atoms with Crippen LogP contribution in [0.3, 0.4) is 0 Å². The summed E-state index contributed by atoms with van der Waals surface area (Å²) in [6, 6.07) is 2.83. The molecule has 98 valence electrons. The fourth-order valence-corrected chi connectivity index (χ4v) is 1.90. The van der Waals surface area contributed by atoms with Crippen molar-refractivity contribution in [3.8, 4) is 0 Å². The monoisotopic (exact) mass is 254 g/mol. The molecular formula is C11H14N2O5. The molecule has 1 aromatic heterocycles. The molecule has 0 spiro atoms. The minimum atomic E-state index is -1.21. The molecule has 2 rings (SSSR count). The lowest BCUT2D eigenvalue weighted by Gasteiger charge is -2.14. The minimum Gasteiger partial charge on any atom is -0.394 e. The number of aromatic nitrogens is 1. The van der Waals surface area contributed by atoms with Gasteiger partial charge in [0.05, 0.1) is 12.3 Å². The molecular weight excluding hydrogens is 240 g/mol. The average Bonchev–Trinajstić information content (AvgIpc) is 2.66. The van der Waals surface area contributed by atoms with E-state index in [-0.39, 0.29) is 11.3 Å². The molecule has 1 aliphatic heterocycles. The molecule has 0 radical (unpaired) electrons. The van der Waals surface area contributed by atoms with Crippen LogP contribution in [-0.4, -0.2) is 51.1 Å². The van der Waals surface area contributed by atoms with Crippen LogP contribution >= 0.6 is 0 Å². The highest BCUT2D eigenvalue weighted by Crippen LogP contribution is 2.32. The molecule has 0 unspecified atom stereocenters. The molecule has 0 saturated carbocycles. The Hall–Kier alpha value is -1.54. The van der Waals surface area contributed by atoms with Crippen LogP contribution in [0.15, 0.2) is 18.3 Å². The third kappa shape index (κ3) is 2.21. The lowest BCUT2D eigenvalue weighted by Crippen LogP contribution is -2.32. The Balaban J connectivity index is 2.27. The molecule has 18 heavy (non-hydrogen) atoms. The van der Waals surface area contributed by atoms with Gasteiger partial charge in [-0.15, -0.1) is 0 Å². The number of pyridine rings is 1. The first kappa shape index (κ1) is 12.9. The van der Waals surface area contributed by atoms with E-state index in [0.29, 0.717) is 0 Å². The van der Waals surface area contributed by atoms with Gasteiger partial charge in [0, 0.05) is 11.8 Å². The number of carbonyl (C=O) groups excluding carboxylic acids is 1. The second-order valence-corrected chi connectivity index (χ2v) is 4.09. The first-order chi connectivity index (χ1) is 8.54. The highest BCUT2D eigenvalue weighted by Gasteiger charge is 2.43. The second kappa shape index (κ2) is 4.99. The third-order valence-corrected chi connectivity index (χ3v) is 2.90. The van der Waals surface area contributed by atoms with Crippen LogP contribution in [0.25, 0.3) is 0 Å². The number of hydrogen-bond donors (Lipinski definition) is 4. The van der Waals surface area contributed by atoms with Crippen molar-refractivity contribution in [1.29, 1.82) is 0 Å². The number of hydrogen-bond acceptors (Lipinski definition) is 6. The second-order valence-electron chi connectivity index (χ2n) is 4.09. The zero-order chi connectivity index (χ0) is 13.3. The first-order valence-electron chi connectivity index (χ1n) is 5.42. The van der Waals surface area contributed by atoms with Crippen molar-refractivity contribution < 1.29 is 24.9 Å². The Morgan fingerprint density at radius 1 is 1.44 bits per heavy atom. The predicted molar refractivity (Wildman–Crippen MR) is 59.5 cm³/mol. The summed E-state index contributed by atoms with van der Waals surface area (Å²) in [5, 5.41) is 28.4. The third-order valence-electron chi connectivity index (χ3n) is 2.90. The van der Waals surface area contributed by atoms with E-state index in [1.54, 1.807) is 0 Å². The van der Waals surface area contributed by atoms with Crippen LogP contribution in [0.2, 0.25) is 0 Å². The summed E-state index contributed by atoms with van der Waals surface area (Å²) >= 11 is 0. The van der Waals surface area contributed by atoms with Gasteiger partial charge < -0.3 is 25.8 Å². The molecule has 0 aromatic carbocycles. The first-order valence-corrected chi connectivity index (χ1v) is 5.42. The SMILES string of the molecule is NC(=O)c1ccnc([C@H]2O[C@H](CO)[C@@H](O)[C@H]2O)c1. The van der Waals surface area contributed by atoms with E-state index in [2.05, 4.69) is 4.98 Å². The van der Waals surface area contributed by atoms with Crippen LogP contribution in [0.5, 0.6) is 0 Å². The molecule has 1 fully saturated rings. The van der Waals surface area contributed by atoms with Gasteiger partial charge in [-0.3, -0.25) is 9.78 Å². The number of carbonyl (C=O) groups is 1. The maximum absolute atomic E-state index is 11.0. The van der Waals surface area contributed by atoms with Gasteiger partial charge in [0.1, 0.15) is 24.4 Å². The van der Waals surface area contributed by atoms with Crippen molar-refractivity contribution in [1.82, 2.24) is 4.98 Å². The van der Waals surface area contributed by atoms with Gasteiger partial charge in [0.15, 0.2) is 0 Å². The summed E-state index contributed by atoms with van der Waals surface area (Å²) in [5.41, 5.74) is 5.66. The summed E-state index contributed by atoms with van der Waals surface area (Å²) in [7, 11) is 0. The largest absolute Gasteiger partial charge is 0.394 e. The normalized spacial score (nSPS) is 31.5. The Bertz CT molecular complexity index is 453. The fourth-order valence-electron chi connectivity index (χ4n) is 1.90. The van der Waals surface area contributed by atoms with E-state index < -0.39 is 36.9 Å². The van der Waals surface area contributed by atoms with Gasteiger partial charge >= 0.3 is 0 Å². The number of rotatable bonds is 3. The summed E-state index contributed by atoms with van der Waals surface area (Å²) < 4.78 is 5.29. The standard InChI is InChI=1S/C11H14N2O5/c12-11(17)5-1-2-13-6(3-5)10-9(16)8(15)7(4-14)18-10/h1-3,7-10,14-16H,4H2,(H2,12,17)/t7-,8-,9-,10-/m1/s1. The summed E-state index contributed by atoms with van der Waals surface area (Å²) in [4.78, 5) is 15.0. The fraction of sp³-hybridized carbons (Fsp3) is 0.455. The highest BCUT2D eigenvalue weighted by molar-refractivity contribution is 5.92. The van der Waals surface area contributed by atoms with Gasteiger partial charge in [-0.05, 0) is 12.1 Å². The number of ether oxygens (including phenoxy) is 1. The summed E-state index contributed by atoms with van der Waals surface area (Å²) in [6.45, 7) is -0.412. The zero-order valence-corrected chi connectivity index (χ0v) is 9.43. The van der Waals surface area contributed by atoms with Gasteiger partial charge in [-0.2, -0.15) is 0 Å². The summed E-state index contributed by atoms with van der Waals surface area (Å²) in [5.74, 6) is -0.620. The molecule has 7 heteroatoms. The summed E-state index contributed by atoms with van der Waals surface area (Å²) in [6.07, 6.45) is -2.80. The molecule has 1 aliphatic rings. The van der Waals surface area contributed by atoms with Crippen molar-refractivity contribution in [2.24, 2.45) is 5.73 Å². The lowest BCUT2D eigenvalue weighted by molar-refractivity contribution is -0.0239. The van der Waals surface area contributed by atoms with Gasteiger partial charge in [-0.25, -0.2) is 0 Å². The zero-order valence-electron chi connectivity index (χ0n) is 9.43. The smallest absolute Gasteiger partial charge is 0.248 e. The van der Waals surface area contributed by atoms with Crippen molar-refractivity contribution >= 4 is 5.91 Å². The lowest BCUT2D eigenvalue weighted by atomic mass is 10.0.